The summed E-state index contributed by atoms with van der Waals surface area (Å²) in [4.78, 5) is 34.1. The van der Waals surface area contributed by atoms with Gasteiger partial charge in [-0.15, -0.1) is 0 Å². The van der Waals surface area contributed by atoms with Crippen LogP contribution < -0.4 is 29.3 Å². The summed E-state index contributed by atoms with van der Waals surface area (Å²) in [7, 11) is 5.53. The second kappa shape index (κ2) is 11.0. The molecule has 0 radical (unpaired) electrons. The molecule has 0 N–H and O–H groups in total. The molecular weight excluding hydrogens is 490 g/mol. The third-order valence-electron chi connectivity index (χ3n) is 6.03. The van der Waals surface area contributed by atoms with Gasteiger partial charge in [0.05, 0.1) is 42.2 Å². The SMILES string of the molecule is CCOC(=O)C1=C(C)N=c2s/c(=C\c3ccc(N(C)C)cc3)c(=O)n2C1c1ccc(OC)c(OCC)c1. The molecule has 4 rings (SSSR count). The summed E-state index contributed by atoms with van der Waals surface area (Å²) < 4.78 is 18.7. The molecule has 3 aromatic rings. The van der Waals surface area contributed by atoms with Gasteiger partial charge in [0.25, 0.3) is 5.56 Å². The molecule has 1 aliphatic heterocycles. The van der Waals surface area contributed by atoms with Crippen molar-refractivity contribution in [2.24, 2.45) is 4.99 Å². The van der Waals surface area contributed by atoms with E-state index in [0.717, 1.165) is 11.3 Å². The van der Waals surface area contributed by atoms with E-state index in [-0.39, 0.29) is 12.2 Å². The van der Waals surface area contributed by atoms with Crippen LogP contribution >= 0.6 is 11.3 Å². The van der Waals surface area contributed by atoms with Gasteiger partial charge in [-0.3, -0.25) is 9.36 Å². The number of carbonyl (C=O) groups excluding carboxylic acids is 1. The van der Waals surface area contributed by atoms with Gasteiger partial charge in [-0.1, -0.05) is 29.5 Å². The number of ether oxygens (including phenoxy) is 3. The zero-order valence-corrected chi connectivity index (χ0v) is 22.7. The molecular formula is C28H31N3O5S. The predicted octanol–water partition coefficient (Wildman–Crippen LogP) is 3.27. The van der Waals surface area contributed by atoms with Crippen LogP contribution in [0.5, 0.6) is 11.5 Å². The first-order valence-corrected chi connectivity index (χ1v) is 12.9. The Morgan fingerprint density at radius 1 is 1.11 bits per heavy atom. The molecule has 2 aromatic carbocycles. The van der Waals surface area contributed by atoms with Crippen LogP contribution in [0.2, 0.25) is 0 Å². The lowest BCUT2D eigenvalue weighted by molar-refractivity contribution is -0.139. The number of fused-ring (bicyclic) bond motifs is 1. The molecule has 9 heteroatoms. The Kier molecular flexibility index (Phi) is 7.83. The van der Waals surface area contributed by atoms with Crippen LogP contribution in [0.3, 0.4) is 0 Å². The lowest BCUT2D eigenvalue weighted by Crippen LogP contribution is -2.40. The summed E-state index contributed by atoms with van der Waals surface area (Å²) in [6, 6.07) is 12.6. The summed E-state index contributed by atoms with van der Waals surface area (Å²) in [6.07, 6.45) is 1.85. The van der Waals surface area contributed by atoms with Gasteiger partial charge < -0.3 is 19.1 Å². The maximum Gasteiger partial charge on any atom is 0.338 e. The van der Waals surface area contributed by atoms with Gasteiger partial charge in [-0.2, -0.15) is 0 Å². The van der Waals surface area contributed by atoms with E-state index < -0.39 is 12.0 Å². The fourth-order valence-electron chi connectivity index (χ4n) is 4.26. The highest BCUT2D eigenvalue weighted by atomic mass is 32.1. The summed E-state index contributed by atoms with van der Waals surface area (Å²) in [5.41, 5.74) is 3.27. The Balaban J connectivity index is 1.92. The van der Waals surface area contributed by atoms with Crippen molar-refractivity contribution in [2.75, 3.05) is 39.3 Å². The fourth-order valence-corrected chi connectivity index (χ4v) is 5.31. The third-order valence-corrected chi connectivity index (χ3v) is 7.01. The quantitative estimate of drug-likeness (QED) is 0.423. The number of rotatable bonds is 8. The molecule has 0 fully saturated rings. The van der Waals surface area contributed by atoms with E-state index in [2.05, 4.69) is 4.99 Å². The van der Waals surface area contributed by atoms with Crippen LogP contribution in [0, 0.1) is 0 Å². The third kappa shape index (κ3) is 5.17. The average molecular weight is 522 g/mol. The van der Waals surface area contributed by atoms with Gasteiger partial charge in [0, 0.05) is 19.8 Å². The van der Waals surface area contributed by atoms with Gasteiger partial charge >= 0.3 is 5.97 Å². The maximum atomic E-state index is 13.8. The lowest BCUT2D eigenvalue weighted by Gasteiger charge is -2.25. The Morgan fingerprint density at radius 3 is 2.46 bits per heavy atom. The topological polar surface area (TPSA) is 82.4 Å². The molecule has 1 aliphatic rings. The molecule has 2 heterocycles. The number of allylic oxidation sites excluding steroid dienone is 1. The second-order valence-corrected chi connectivity index (χ2v) is 9.64. The average Bonchev–Trinajstić information content (AvgIpc) is 3.18. The number of anilines is 1. The summed E-state index contributed by atoms with van der Waals surface area (Å²) in [5, 5.41) is 0. The van der Waals surface area contributed by atoms with Crippen molar-refractivity contribution in [1.29, 1.82) is 0 Å². The van der Waals surface area contributed by atoms with Gasteiger partial charge in [-0.25, -0.2) is 9.79 Å². The smallest absolute Gasteiger partial charge is 0.338 e. The number of thiazole rings is 1. The molecule has 0 saturated heterocycles. The number of hydrogen-bond acceptors (Lipinski definition) is 8. The van der Waals surface area contributed by atoms with E-state index in [1.807, 2.05) is 68.4 Å². The molecule has 194 valence electrons. The van der Waals surface area contributed by atoms with E-state index in [1.165, 1.54) is 11.3 Å². The zero-order valence-electron chi connectivity index (χ0n) is 21.9. The Bertz CT molecular complexity index is 1520. The molecule has 37 heavy (non-hydrogen) atoms. The number of aromatic nitrogens is 1. The monoisotopic (exact) mass is 521 g/mol. The molecule has 0 amide bonds. The van der Waals surface area contributed by atoms with Crippen molar-refractivity contribution in [3.8, 4) is 11.5 Å². The minimum atomic E-state index is -0.723. The van der Waals surface area contributed by atoms with Gasteiger partial charge in [0.1, 0.15) is 0 Å². The highest BCUT2D eigenvalue weighted by Crippen LogP contribution is 2.36. The highest BCUT2D eigenvalue weighted by molar-refractivity contribution is 7.07. The van der Waals surface area contributed by atoms with E-state index in [0.29, 0.717) is 44.3 Å². The van der Waals surface area contributed by atoms with E-state index in [9.17, 15) is 9.59 Å². The van der Waals surface area contributed by atoms with Gasteiger partial charge in [0.15, 0.2) is 16.3 Å². The summed E-state index contributed by atoms with van der Waals surface area (Å²) in [6.45, 7) is 6.05. The Morgan fingerprint density at radius 2 is 1.84 bits per heavy atom. The fraction of sp³-hybridized carbons (Fsp3) is 0.321. The number of nitrogens with zero attached hydrogens (tertiary/aromatic N) is 3. The van der Waals surface area contributed by atoms with Crippen LogP contribution in [0.25, 0.3) is 6.08 Å². The van der Waals surface area contributed by atoms with E-state index >= 15 is 0 Å². The molecule has 0 bridgehead atoms. The molecule has 0 aliphatic carbocycles. The Labute approximate surface area is 219 Å². The largest absolute Gasteiger partial charge is 0.493 e. The normalized spacial score (nSPS) is 15.2. The van der Waals surface area contributed by atoms with Crippen LogP contribution in [-0.2, 0) is 9.53 Å². The highest BCUT2D eigenvalue weighted by Gasteiger charge is 2.34. The molecule has 8 nitrogen and oxygen atoms in total. The van der Waals surface area contributed by atoms with Crippen LogP contribution in [0.1, 0.15) is 37.9 Å². The van der Waals surface area contributed by atoms with Crippen molar-refractivity contribution >= 4 is 29.1 Å². The number of esters is 1. The van der Waals surface area contributed by atoms with Crippen LogP contribution in [0.15, 0.2) is 63.5 Å². The standard InChI is InChI=1S/C28H31N3O5S/c1-7-35-22-16-19(11-14-21(22)34-6)25-24(27(33)36-8-2)17(3)29-28-31(25)26(32)23(37-28)15-18-9-12-20(13-10-18)30(4)5/h9-16,25H,7-8H2,1-6H3/b23-15-. The van der Waals surface area contributed by atoms with Crippen molar-refractivity contribution in [1.82, 2.24) is 4.57 Å². The molecule has 0 spiro atoms. The molecule has 1 aromatic heterocycles. The van der Waals surface area contributed by atoms with E-state index in [1.54, 1.807) is 31.6 Å². The van der Waals surface area contributed by atoms with Gasteiger partial charge in [-0.05, 0) is 62.2 Å². The first-order chi connectivity index (χ1) is 17.8. The Hall–Kier alpha value is -3.85. The van der Waals surface area contributed by atoms with Crippen molar-refractivity contribution in [2.45, 2.75) is 26.8 Å². The number of methoxy groups -OCH3 is 1. The lowest BCUT2D eigenvalue weighted by atomic mass is 9.95. The van der Waals surface area contributed by atoms with Crippen molar-refractivity contribution < 1.29 is 19.0 Å². The zero-order chi connectivity index (χ0) is 26.7. The van der Waals surface area contributed by atoms with Crippen molar-refractivity contribution in [3.05, 3.63) is 84.5 Å². The summed E-state index contributed by atoms with van der Waals surface area (Å²) in [5.74, 6) is 0.595. The second-order valence-electron chi connectivity index (χ2n) is 8.63. The molecule has 0 saturated carbocycles. The maximum absolute atomic E-state index is 13.8. The first kappa shape index (κ1) is 26.2. The minimum Gasteiger partial charge on any atom is -0.493 e. The van der Waals surface area contributed by atoms with E-state index in [4.69, 9.17) is 14.2 Å². The van der Waals surface area contributed by atoms with Crippen LogP contribution in [-0.4, -0.2) is 45.0 Å². The number of benzene rings is 2. The first-order valence-electron chi connectivity index (χ1n) is 12.1. The molecule has 1 unspecified atom stereocenters. The summed E-state index contributed by atoms with van der Waals surface area (Å²) >= 11 is 1.29. The number of carbonyl (C=O) groups is 1. The minimum absolute atomic E-state index is 0.211. The predicted molar refractivity (Wildman–Crippen MR) is 145 cm³/mol. The van der Waals surface area contributed by atoms with Crippen LogP contribution in [0.4, 0.5) is 5.69 Å². The number of hydrogen-bond donors (Lipinski definition) is 0. The van der Waals surface area contributed by atoms with Gasteiger partial charge in [0.2, 0.25) is 0 Å². The van der Waals surface area contributed by atoms with Crippen molar-refractivity contribution in [3.63, 3.8) is 0 Å². The molecule has 1 atom stereocenters.